The van der Waals surface area contributed by atoms with E-state index in [0.717, 1.165) is 46.3 Å². The second kappa shape index (κ2) is 7.69. The van der Waals surface area contributed by atoms with Crippen molar-refractivity contribution in [1.82, 2.24) is 10.3 Å². The summed E-state index contributed by atoms with van der Waals surface area (Å²) in [5, 5.41) is 5.53. The van der Waals surface area contributed by atoms with Crippen LogP contribution in [0.1, 0.15) is 44.0 Å². The molecule has 28 heavy (non-hydrogen) atoms. The first kappa shape index (κ1) is 18.6. The first-order chi connectivity index (χ1) is 13.6. The molecule has 2 aromatic heterocycles. The summed E-state index contributed by atoms with van der Waals surface area (Å²) in [5.74, 6) is -0.861. The van der Waals surface area contributed by atoms with Gasteiger partial charge >= 0.3 is 6.09 Å². The molecule has 0 saturated carbocycles. The van der Waals surface area contributed by atoms with E-state index in [2.05, 4.69) is 20.4 Å². The third kappa shape index (κ3) is 3.50. The van der Waals surface area contributed by atoms with Crippen LogP contribution in [0.4, 0.5) is 9.80 Å². The number of thiazole rings is 1. The molecule has 1 aromatic carbocycles. The Labute approximate surface area is 168 Å². The first-order valence-corrected chi connectivity index (χ1v) is 10.4. The normalized spacial score (nSPS) is 13.0. The molecule has 2 N–H and O–H groups in total. The molecular formula is C19H17N3O4S2. The largest absolute Gasteiger partial charge is 0.453 e. The lowest BCUT2D eigenvalue weighted by molar-refractivity contribution is 0.0937. The molecule has 1 aliphatic carbocycles. The van der Waals surface area contributed by atoms with Gasteiger partial charge in [0.25, 0.3) is 11.8 Å². The highest BCUT2D eigenvalue weighted by molar-refractivity contribution is 7.17. The molecule has 0 fully saturated rings. The number of amides is 3. The van der Waals surface area contributed by atoms with E-state index >= 15 is 0 Å². The summed E-state index contributed by atoms with van der Waals surface area (Å²) in [4.78, 5) is 42.3. The number of hydrogen-bond donors (Lipinski definition) is 2. The summed E-state index contributed by atoms with van der Waals surface area (Å²) in [5.41, 5.74) is 4.33. The minimum absolute atomic E-state index is 0.305. The van der Waals surface area contributed by atoms with Gasteiger partial charge in [-0.05, 0) is 49.4 Å². The average molecular weight is 415 g/mol. The number of nitrogens with one attached hydrogen (secondary N) is 2. The highest BCUT2D eigenvalue weighted by atomic mass is 32.1. The Morgan fingerprint density at radius 3 is 2.79 bits per heavy atom. The number of anilines is 1. The molecule has 1 aliphatic rings. The van der Waals surface area contributed by atoms with Gasteiger partial charge in [0.2, 0.25) is 0 Å². The number of carbonyl (C=O) groups is 3. The predicted octanol–water partition coefficient (Wildman–Crippen LogP) is 3.99. The minimum Gasteiger partial charge on any atom is -0.453 e. The number of nitrogens with zero attached hydrogens (tertiary/aromatic N) is 1. The van der Waals surface area contributed by atoms with Crippen LogP contribution in [0.2, 0.25) is 0 Å². The van der Waals surface area contributed by atoms with E-state index in [4.69, 9.17) is 0 Å². The number of fused-ring (bicyclic) bond motifs is 2. The van der Waals surface area contributed by atoms with Crippen molar-refractivity contribution in [2.75, 3.05) is 12.4 Å². The molecule has 144 valence electrons. The van der Waals surface area contributed by atoms with E-state index in [1.165, 1.54) is 29.8 Å². The molecule has 0 saturated heterocycles. The topological polar surface area (TPSA) is 97.4 Å². The molecule has 0 unspecified atom stereocenters. The Kier molecular flexibility index (Phi) is 5.10. The second-order valence-electron chi connectivity index (χ2n) is 6.35. The average Bonchev–Trinajstić information content (AvgIpc) is 3.30. The fourth-order valence-corrected chi connectivity index (χ4v) is 5.27. The van der Waals surface area contributed by atoms with Gasteiger partial charge in [0.1, 0.15) is 5.00 Å². The highest BCUT2D eigenvalue weighted by Crippen LogP contribution is 2.38. The monoisotopic (exact) mass is 415 g/mol. The number of aryl methyl sites for hydroxylation is 1. The van der Waals surface area contributed by atoms with Gasteiger partial charge in [-0.1, -0.05) is 0 Å². The third-order valence-corrected chi connectivity index (χ3v) is 6.62. The first-order valence-electron chi connectivity index (χ1n) is 8.75. The molecule has 2 heterocycles. The third-order valence-electron chi connectivity index (χ3n) is 4.62. The quantitative estimate of drug-likeness (QED) is 0.674. The van der Waals surface area contributed by atoms with E-state index in [1.54, 1.807) is 23.7 Å². The Hall–Kier alpha value is -2.78. The molecule has 3 aromatic rings. The van der Waals surface area contributed by atoms with Crippen LogP contribution < -0.4 is 10.6 Å². The van der Waals surface area contributed by atoms with Crippen molar-refractivity contribution in [3.05, 3.63) is 45.3 Å². The summed E-state index contributed by atoms with van der Waals surface area (Å²) < 4.78 is 5.45. The molecule has 0 spiro atoms. The van der Waals surface area contributed by atoms with E-state index in [9.17, 15) is 14.4 Å². The maximum Gasteiger partial charge on any atom is 0.413 e. The van der Waals surface area contributed by atoms with Gasteiger partial charge in [-0.15, -0.1) is 22.7 Å². The van der Waals surface area contributed by atoms with Crippen LogP contribution in [-0.4, -0.2) is 30.0 Å². The van der Waals surface area contributed by atoms with Gasteiger partial charge in [-0.3, -0.25) is 14.9 Å². The van der Waals surface area contributed by atoms with E-state index in [0.29, 0.717) is 16.1 Å². The van der Waals surface area contributed by atoms with Crippen LogP contribution >= 0.6 is 22.7 Å². The number of aromatic nitrogens is 1. The zero-order valence-electron chi connectivity index (χ0n) is 15.0. The van der Waals surface area contributed by atoms with Gasteiger partial charge < -0.3 is 10.1 Å². The van der Waals surface area contributed by atoms with Crippen molar-refractivity contribution in [2.24, 2.45) is 0 Å². The summed E-state index contributed by atoms with van der Waals surface area (Å²) in [7, 11) is 1.20. The molecule has 0 radical (unpaired) electrons. The van der Waals surface area contributed by atoms with Crippen LogP contribution in [0, 0.1) is 0 Å². The van der Waals surface area contributed by atoms with E-state index in [1.807, 2.05) is 0 Å². The van der Waals surface area contributed by atoms with Gasteiger partial charge in [-0.2, -0.15) is 0 Å². The molecule has 0 bridgehead atoms. The van der Waals surface area contributed by atoms with Crippen molar-refractivity contribution in [1.29, 1.82) is 0 Å². The molecule has 7 nitrogen and oxygen atoms in total. The minimum atomic E-state index is -0.825. The van der Waals surface area contributed by atoms with Crippen molar-refractivity contribution in [3.8, 4) is 0 Å². The smallest absolute Gasteiger partial charge is 0.413 e. The van der Waals surface area contributed by atoms with Crippen molar-refractivity contribution < 1.29 is 19.1 Å². The van der Waals surface area contributed by atoms with Gasteiger partial charge in [0, 0.05) is 10.4 Å². The number of ether oxygens (including phenoxy) is 1. The fraction of sp³-hybridized carbons (Fsp3) is 0.263. The molecule has 4 rings (SSSR count). The highest BCUT2D eigenvalue weighted by Gasteiger charge is 2.27. The van der Waals surface area contributed by atoms with Crippen molar-refractivity contribution in [2.45, 2.75) is 25.7 Å². The standard InChI is InChI=1S/C19H17N3O4S2/c1-26-19(25)22-17(24)15-11-4-2-3-5-13(11)28-18(15)21-16(23)10-6-7-12-14(8-10)27-9-20-12/h6-9H,2-5H2,1H3,(H,21,23)(H,22,24,25). The van der Waals surface area contributed by atoms with Gasteiger partial charge in [-0.25, -0.2) is 9.78 Å². The number of imide groups is 1. The molecule has 0 atom stereocenters. The summed E-state index contributed by atoms with van der Waals surface area (Å²) >= 11 is 2.86. The van der Waals surface area contributed by atoms with Crippen molar-refractivity contribution >= 4 is 55.8 Å². The summed E-state index contributed by atoms with van der Waals surface area (Å²) in [6.07, 6.45) is 2.80. The molecule has 0 aliphatic heterocycles. The number of benzene rings is 1. The van der Waals surface area contributed by atoms with Crippen molar-refractivity contribution in [3.63, 3.8) is 0 Å². The maximum atomic E-state index is 12.8. The van der Waals surface area contributed by atoms with Gasteiger partial charge in [0.15, 0.2) is 0 Å². The van der Waals surface area contributed by atoms with Gasteiger partial charge in [0.05, 0.1) is 28.4 Å². The van der Waals surface area contributed by atoms with E-state index in [-0.39, 0.29) is 5.91 Å². The van der Waals surface area contributed by atoms with Crippen LogP contribution in [-0.2, 0) is 17.6 Å². The Morgan fingerprint density at radius 2 is 1.96 bits per heavy atom. The maximum absolute atomic E-state index is 12.8. The van der Waals surface area contributed by atoms with Crippen LogP contribution in [0.15, 0.2) is 23.7 Å². The number of hydrogen-bond acceptors (Lipinski definition) is 7. The van der Waals surface area contributed by atoms with E-state index < -0.39 is 12.0 Å². The lowest BCUT2D eigenvalue weighted by Crippen LogP contribution is -2.31. The van der Waals surface area contributed by atoms with Crippen LogP contribution in [0.25, 0.3) is 10.2 Å². The number of alkyl carbamates (subject to hydrolysis) is 1. The molecule has 3 amide bonds. The summed E-state index contributed by atoms with van der Waals surface area (Å²) in [6, 6.07) is 5.29. The number of rotatable bonds is 3. The predicted molar refractivity (Wildman–Crippen MR) is 108 cm³/mol. The zero-order valence-corrected chi connectivity index (χ0v) is 16.7. The fourth-order valence-electron chi connectivity index (χ4n) is 3.27. The van der Waals surface area contributed by atoms with Crippen LogP contribution in [0.3, 0.4) is 0 Å². The molecular weight excluding hydrogens is 398 g/mol. The SMILES string of the molecule is COC(=O)NC(=O)c1c(NC(=O)c2ccc3ncsc3c2)sc2c1CCCC2. The number of methoxy groups -OCH3 is 1. The number of thiophene rings is 1. The Bertz CT molecular complexity index is 1090. The summed E-state index contributed by atoms with van der Waals surface area (Å²) in [6.45, 7) is 0. The number of carbonyl (C=O) groups excluding carboxylic acids is 3. The zero-order chi connectivity index (χ0) is 19.7. The van der Waals surface area contributed by atoms with Crippen LogP contribution in [0.5, 0.6) is 0 Å². The second-order valence-corrected chi connectivity index (χ2v) is 8.34. The molecule has 9 heteroatoms. The lowest BCUT2D eigenvalue weighted by atomic mass is 9.95. The Balaban J connectivity index is 1.66. The Morgan fingerprint density at radius 1 is 1.14 bits per heavy atom. The lowest BCUT2D eigenvalue weighted by Gasteiger charge is -2.12.